The Morgan fingerprint density at radius 3 is 2.53 bits per heavy atom. The molecule has 1 aromatic heterocycles. The lowest BCUT2D eigenvalue weighted by atomic mass is 10.2. The number of anilines is 1. The predicted octanol–water partition coefficient (Wildman–Crippen LogP) is 2.33. The molecule has 0 unspecified atom stereocenters. The zero-order chi connectivity index (χ0) is 13.8. The van der Waals surface area contributed by atoms with Crippen LogP contribution < -0.4 is 10.4 Å². The lowest BCUT2D eigenvalue weighted by molar-refractivity contribution is 0.0952. The average molecular weight is 276 g/mol. The number of nitrogens with one attached hydrogen (secondary N) is 1. The molecule has 0 aliphatic heterocycles. The van der Waals surface area contributed by atoms with Crippen molar-refractivity contribution in [1.82, 2.24) is 15.0 Å². The molecule has 1 amide bonds. The Hall–Kier alpha value is -1.95. The number of carbonyl (C=O) groups is 1. The summed E-state index contributed by atoms with van der Waals surface area (Å²) >= 11 is 1.11. The molecular weight excluding hydrogens is 260 g/mol. The average Bonchev–Trinajstić information content (AvgIpc) is 2.83. The van der Waals surface area contributed by atoms with Gasteiger partial charge >= 0.3 is 0 Å². The summed E-state index contributed by atoms with van der Waals surface area (Å²) in [5, 5.41) is 5.65. The zero-order valence-electron chi connectivity index (χ0n) is 11.2. The standard InChI is InChI=1S/C13H16N4OS/c1-4-17(11-7-5-9(2)6-8-11)15-13(18)12-10(3)14-16-19-12/h5-8H,4H2,1-3H3,(H,15,18). The van der Waals surface area contributed by atoms with Crippen LogP contribution in [0.25, 0.3) is 0 Å². The maximum Gasteiger partial charge on any atom is 0.283 e. The molecule has 6 heteroatoms. The highest BCUT2D eigenvalue weighted by Gasteiger charge is 2.15. The van der Waals surface area contributed by atoms with Crippen molar-refractivity contribution in [3.05, 3.63) is 40.4 Å². The number of aromatic nitrogens is 2. The molecule has 0 saturated heterocycles. The first kappa shape index (κ1) is 13.5. The highest BCUT2D eigenvalue weighted by Crippen LogP contribution is 2.14. The van der Waals surface area contributed by atoms with Gasteiger partial charge in [0.2, 0.25) is 0 Å². The van der Waals surface area contributed by atoms with Gasteiger partial charge in [0, 0.05) is 6.54 Å². The van der Waals surface area contributed by atoms with E-state index in [0.29, 0.717) is 17.1 Å². The summed E-state index contributed by atoms with van der Waals surface area (Å²) in [6.07, 6.45) is 0. The summed E-state index contributed by atoms with van der Waals surface area (Å²) in [4.78, 5) is 12.7. The number of hydrazine groups is 1. The Kier molecular flexibility index (Phi) is 4.11. The fraction of sp³-hybridized carbons (Fsp3) is 0.308. The topological polar surface area (TPSA) is 58.1 Å². The van der Waals surface area contributed by atoms with Crippen molar-refractivity contribution < 1.29 is 4.79 Å². The van der Waals surface area contributed by atoms with Gasteiger partial charge in [0.25, 0.3) is 5.91 Å². The number of hydrogen-bond acceptors (Lipinski definition) is 5. The normalized spacial score (nSPS) is 10.3. The van der Waals surface area contributed by atoms with Gasteiger partial charge in [0.05, 0.1) is 11.4 Å². The molecular formula is C13H16N4OS. The molecule has 0 spiro atoms. The molecule has 5 nitrogen and oxygen atoms in total. The molecule has 1 N–H and O–H groups in total. The van der Waals surface area contributed by atoms with E-state index < -0.39 is 0 Å². The van der Waals surface area contributed by atoms with Crippen molar-refractivity contribution in [3.63, 3.8) is 0 Å². The number of benzene rings is 1. The fourth-order valence-electron chi connectivity index (χ4n) is 1.66. The smallest absolute Gasteiger partial charge is 0.283 e. The van der Waals surface area contributed by atoms with E-state index in [1.165, 1.54) is 5.56 Å². The largest absolute Gasteiger partial charge is 0.286 e. The fourth-order valence-corrected chi connectivity index (χ4v) is 2.21. The van der Waals surface area contributed by atoms with Crippen LogP contribution in [0.3, 0.4) is 0 Å². The highest BCUT2D eigenvalue weighted by molar-refractivity contribution is 7.08. The first-order valence-electron chi connectivity index (χ1n) is 6.06. The Balaban J connectivity index is 2.13. The van der Waals surface area contributed by atoms with Crippen LogP contribution in [0.5, 0.6) is 0 Å². The molecule has 1 heterocycles. The second kappa shape index (κ2) is 5.79. The quantitative estimate of drug-likeness (QED) is 0.871. The Morgan fingerprint density at radius 1 is 1.32 bits per heavy atom. The van der Waals surface area contributed by atoms with E-state index in [2.05, 4.69) is 15.0 Å². The van der Waals surface area contributed by atoms with Crippen LogP contribution in [0.2, 0.25) is 0 Å². The summed E-state index contributed by atoms with van der Waals surface area (Å²) in [5.74, 6) is -0.171. The summed E-state index contributed by atoms with van der Waals surface area (Å²) in [6, 6.07) is 8.00. The maximum absolute atomic E-state index is 12.1. The number of hydrogen-bond donors (Lipinski definition) is 1. The first-order valence-corrected chi connectivity index (χ1v) is 6.83. The van der Waals surface area contributed by atoms with E-state index in [9.17, 15) is 4.79 Å². The van der Waals surface area contributed by atoms with Crippen molar-refractivity contribution in [1.29, 1.82) is 0 Å². The predicted molar refractivity (Wildman–Crippen MR) is 76.3 cm³/mol. The van der Waals surface area contributed by atoms with Crippen LogP contribution in [-0.2, 0) is 0 Å². The second-order valence-electron chi connectivity index (χ2n) is 4.21. The highest BCUT2D eigenvalue weighted by atomic mass is 32.1. The van der Waals surface area contributed by atoms with Gasteiger partial charge in [-0.05, 0) is 44.4 Å². The third-order valence-corrected chi connectivity index (χ3v) is 3.58. The van der Waals surface area contributed by atoms with Crippen LogP contribution in [0.4, 0.5) is 5.69 Å². The zero-order valence-corrected chi connectivity index (χ0v) is 12.0. The lowest BCUT2D eigenvalue weighted by Crippen LogP contribution is -2.42. The van der Waals surface area contributed by atoms with Gasteiger partial charge in [-0.25, -0.2) is 0 Å². The van der Waals surface area contributed by atoms with Gasteiger partial charge in [-0.1, -0.05) is 22.2 Å². The molecule has 0 aliphatic carbocycles. The van der Waals surface area contributed by atoms with Crippen molar-refractivity contribution in [2.75, 3.05) is 11.6 Å². The van der Waals surface area contributed by atoms with Gasteiger partial charge in [-0.15, -0.1) is 5.10 Å². The molecule has 0 aliphatic rings. The van der Waals surface area contributed by atoms with Gasteiger partial charge in [0.15, 0.2) is 0 Å². The van der Waals surface area contributed by atoms with Crippen molar-refractivity contribution in [3.8, 4) is 0 Å². The number of carbonyl (C=O) groups excluding carboxylic acids is 1. The van der Waals surface area contributed by atoms with Gasteiger partial charge in [-0.2, -0.15) is 0 Å². The molecule has 0 saturated carbocycles. The Morgan fingerprint density at radius 2 is 2.00 bits per heavy atom. The minimum atomic E-state index is -0.171. The molecule has 2 rings (SSSR count). The monoisotopic (exact) mass is 276 g/mol. The van der Waals surface area contributed by atoms with Crippen LogP contribution >= 0.6 is 11.5 Å². The van der Waals surface area contributed by atoms with E-state index in [0.717, 1.165) is 17.2 Å². The van der Waals surface area contributed by atoms with Gasteiger partial charge in [0.1, 0.15) is 4.88 Å². The lowest BCUT2D eigenvalue weighted by Gasteiger charge is -2.23. The third kappa shape index (κ3) is 3.08. The van der Waals surface area contributed by atoms with Gasteiger partial charge < -0.3 is 0 Å². The van der Waals surface area contributed by atoms with E-state index in [1.807, 2.05) is 38.1 Å². The number of nitrogens with zero attached hydrogens (tertiary/aromatic N) is 3. The molecule has 0 radical (unpaired) electrons. The Bertz CT molecular complexity index is 564. The van der Waals surface area contributed by atoms with Crippen LogP contribution in [-0.4, -0.2) is 22.0 Å². The summed E-state index contributed by atoms with van der Waals surface area (Å²) in [5.41, 5.74) is 5.67. The van der Waals surface area contributed by atoms with Gasteiger partial charge in [-0.3, -0.25) is 15.2 Å². The van der Waals surface area contributed by atoms with Crippen LogP contribution in [0.1, 0.15) is 27.9 Å². The van der Waals surface area contributed by atoms with Crippen molar-refractivity contribution in [2.24, 2.45) is 0 Å². The minimum absolute atomic E-state index is 0.171. The maximum atomic E-state index is 12.1. The molecule has 0 fully saturated rings. The SMILES string of the molecule is CCN(NC(=O)c1snnc1C)c1ccc(C)cc1. The van der Waals surface area contributed by atoms with Crippen molar-refractivity contribution in [2.45, 2.75) is 20.8 Å². The molecule has 0 bridgehead atoms. The summed E-state index contributed by atoms with van der Waals surface area (Å²) < 4.78 is 3.77. The number of aryl methyl sites for hydroxylation is 2. The van der Waals surface area contributed by atoms with E-state index in [4.69, 9.17) is 0 Å². The van der Waals surface area contributed by atoms with E-state index >= 15 is 0 Å². The molecule has 0 atom stereocenters. The van der Waals surface area contributed by atoms with Crippen LogP contribution in [0.15, 0.2) is 24.3 Å². The van der Waals surface area contributed by atoms with E-state index in [-0.39, 0.29) is 5.91 Å². The molecule has 100 valence electrons. The first-order chi connectivity index (χ1) is 9.11. The molecule has 1 aromatic carbocycles. The van der Waals surface area contributed by atoms with Crippen LogP contribution in [0, 0.1) is 13.8 Å². The molecule has 19 heavy (non-hydrogen) atoms. The number of amides is 1. The summed E-state index contributed by atoms with van der Waals surface area (Å²) in [7, 11) is 0. The third-order valence-electron chi connectivity index (χ3n) is 2.76. The second-order valence-corrected chi connectivity index (χ2v) is 4.96. The Labute approximate surface area is 116 Å². The molecule has 2 aromatic rings. The summed E-state index contributed by atoms with van der Waals surface area (Å²) in [6.45, 7) is 6.48. The number of rotatable bonds is 4. The minimum Gasteiger partial charge on any atom is -0.286 e. The van der Waals surface area contributed by atoms with E-state index in [1.54, 1.807) is 11.9 Å². The van der Waals surface area contributed by atoms with Crippen molar-refractivity contribution >= 4 is 23.1 Å².